The SMILES string of the molecule is Cc1cc2c(cc1/C=C1/SC(=O)N(CC(=O)Nc3ccccc3Cl)C1=O)OCO2. The Bertz CT molecular complexity index is 1070. The first kappa shape index (κ1) is 19.4. The number of para-hydroxylation sites is 1. The molecule has 7 nitrogen and oxygen atoms in total. The molecular weight excluding hydrogens is 416 g/mol. The zero-order valence-corrected chi connectivity index (χ0v) is 16.8. The molecule has 2 aliphatic heterocycles. The number of fused-ring (bicyclic) bond motifs is 1. The zero-order chi connectivity index (χ0) is 20.5. The van der Waals surface area contributed by atoms with E-state index in [1.54, 1.807) is 36.4 Å². The minimum absolute atomic E-state index is 0.148. The van der Waals surface area contributed by atoms with Crippen molar-refractivity contribution in [1.82, 2.24) is 4.90 Å². The van der Waals surface area contributed by atoms with E-state index in [0.717, 1.165) is 27.8 Å². The van der Waals surface area contributed by atoms with Crippen molar-refractivity contribution in [1.29, 1.82) is 0 Å². The highest BCUT2D eigenvalue weighted by atomic mass is 35.5. The predicted octanol–water partition coefficient (Wildman–Crippen LogP) is 4.05. The minimum Gasteiger partial charge on any atom is -0.454 e. The molecule has 1 N–H and O–H groups in total. The average molecular weight is 431 g/mol. The van der Waals surface area contributed by atoms with Crippen molar-refractivity contribution < 1.29 is 23.9 Å². The van der Waals surface area contributed by atoms with Gasteiger partial charge >= 0.3 is 0 Å². The fraction of sp³-hybridized carbons (Fsp3) is 0.150. The summed E-state index contributed by atoms with van der Waals surface area (Å²) in [5.74, 6) is 0.191. The molecule has 0 saturated carbocycles. The van der Waals surface area contributed by atoms with E-state index in [0.29, 0.717) is 22.2 Å². The van der Waals surface area contributed by atoms with Crippen LogP contribution < -0.4 is 14.8 Å². The normalized spacial score (nSPS) is 16.6. The topological polar surface area (TPSA) is 84.9 Å². The van der Waals surface area contributed by atoms with Crippen LogP contribution in [0.2, 0.25) is 5.02 Å². The number of nitrogens with zero attached hydrogens (tertiary/aromatic N) is 1. The van der Waals surface area contributed by atoms with Crippen LogP contribution in [0.25, 0.3) is 6.08 Å². The van der Waals surface area contributed by atoms with Gasteiger partial charge in [-0.3, -0.25) is 19.3 Å². The van der Waals surface area contributed by atoms with Crippen molar-refractivity contribution in [2.24, 2.45) is 0 Å². The van der Waals surface area contributed by atoms with E-state index in [1.807, 2.05) is 13.0 Å². The van der Waals surface area contributed by atoms with Crippen molar-refractivity contribution in [2.45, 2.75) is 6.92 Å². The molecule has 4 rings (SSSR count). The summed E-state index contributed by atoms with van der Waals surface area (Å²) in [4.78, 5) is 38.4. The summed E-state index contributed by atoms with van der Waals surface area (Å²) in [6, 6.07) is 10.3. The number of carbonyl (C=O) groups is 3. The van der Waals surface area contributed by atoms with E-state index < -0.39 is 23.6 Å². The molecule has 0 atom stereocenters. The third-order valence-electron chi connectivity index (χ3n) is 4.37. The Morgan fingerprint density at radius 1 is 1.24 bits per heavy atom. The lowest BCUT2D eigenvalue weighted by Gasteiger charge is -2.13. The molecule has 29 heavy (non-hydrogen) atoms. The number of ether oxygens (including phenoxy) is 2. The predicted molar refractivity (Wildman–Crippen MR) is 110 cm³/mol. The number of hydrogen-bond donors (Lipinski definition) is 1. The summed E-state index contributed by atoms with van der Waals surface area (Å²) in [5, 5.41) is 2.47. The molecule has 9 heteroatoms. The Hall–Kier alpha value is -2.97. The maximum absolute atomic E-state index is 12.7. The van der Waals surface area contributed by atoms with Crippen molar-refractivity contribution in [3.8, 4) is 11.5 Å². The summed E-state index contributed by atoms with van der Waals surface area (Å²) in [6.07, 6.45) is 1.62. The zero-order valence-electron chi connectivity index (χ0n) is 15.2. The Morgan fingerprint density at radius 2 is 1.97 bits per heavy atom. The molecule has 0 unspecified atom stereocenters. The number of anilines is 1. The summed E-state index contributed by atoms with van der Waals surface area (Å²) in [7, 11) is 0. The van der Waals surface area contributed by atoms with Crippen LogP contribution in [0.3, 0.4) is 0 Å². The maximum Gasteiger partial charge on any atom is 0.294 e. The van der Waals surface area contributed by atoms with E-state index in [4.69, 9.17) is 21.1 Å². The van der Waals surface area contributed by atoms with Crippen molar-refractivity contribution in [3.63, 3.8) is 0 Å². The van der Waals surface area contributed by atoms with E-state index >= 15 is 0 Å². The molecule has 2 aliphatic rings. The molecule has 0 radical (unpaired) electrons. The minimum atomic E-state index is -0.522. The first-order valence-corrected chi connectivity index (χ1v) is 9.82. The monoisotopic (exact) mass is 430 g/mol. The van der Waals surface area contributed by atoms with Crippen LogP contribution in [0.5, 0.6) is 11.5 Å². The number of amides is 3. The van der Waals surface area contributed by atoms with Crippen LogP contribution in [0, 0.1) is 6.92 Å². The lowest BCUT2D eigenvalue weighted by Crippen LogP contribution is -2.36. The van der Waals surface area contributed by atoms with Crippen LogP contribution in [0.1, 0.15) is 11.1 Å². The van der Waals surface area contributed by atoms with Gasteiger partial charge < -0.3 is 14.8 Å². The van der Waals surface area contributed by atoms with Crippen LogP contribution in [0.15, 0.2) is 41.3 Å². The largest absolute Gasteiger partial charge is 0.454 e. The third-order valence-corrected chi connectivity index (χ3v) is 5.61. The lowest BCUT2D eigenvalue weighted by molar-refractivity contribution is -0.127. The number of aryl methyl sites for hydroxylation is 1. The van der Waals surface area contributed by atoms with Crippen molar-refractivity contribution in [3.05, 3.63) is 57.5 Å². The first-order valence-electron chi connectivity index (χ1n) is 8.62. The smallest absolute Gasteiger partial charge is 0.294 e. The van der Waals surface area contributed by atoms with Gasteiger partial charge in [-0.25, -0.2) is 0 Å². The molecule has 1 fully saturated rings. The fourth-order valence-corrected chi connectivity index (χ4v) is 3.90. The van der Waals surface area contributed by atoms with Gasteiger partial charge in [0.1, 0.15) is 6.54 Å². The highest BCUT2D eigenvalue weighted by Gasteiger charge is 2.36. The van der Waals surface area contributed by atoms with Crippen molar-refractivity contribution >= 4 is 52.2 Å². The summed E-state index contributed by atoms with van der Waals surface area (Å²) in [5.41, 5.74) is 2.02. The molecule has 2 aromatic carbocycles. The number of imide groups is 1. The van der Waals surface area contributed by atoms with Gasteiger partial charge in [-0.15, -0.1) is 0 Å². The number of rotatable bonds is 4. The van der Waals surface area contributed by atoms with Gasteiger partial charge in [0.25, 0.3) is 11.1 Å². The van der Waals surface area contributed by atoms with Gasteiger partial charge in [0.2, 0.25) is 12.7 Å². The van der Waals surface area contributed by atoms with Gasteiger partial charge in [-0.2, -0.15) is 0 Å². The maximum atomic E-state index is 12.7. The number of carbonyl (C=O) groups excluding carboxylic acids is 3. The Balaban J connectivity index is 1.50. The van der Waals surface area contributed by atoms with Gasteiger partial charge in [0, 0.05) is 0 Å². The number of halogens is 1. The molecule has 2 heterocycles. The second-order valence-electron chi connectivity index (χ2n) is 6.36. The third kappa shape index (κ3) is 3.94. The molecule has 3 amide bonds. The first-order chi connectivity index (χ1) is 13.9. The van der Waals surface area contributed by atoms with E-state index in [-0.39, 0.29) is 11.7 Å². The number of benzene rings is 2. The molecule has 2 aromatic rings. The Morgan fingerprint density at radius 3 is 2.72 bits per heavy atom. The fourth-order valence-electron chi connectivity index (χ4n) is 2.89. The second-order valence-corrected chi connectivity index (χ2v) is 7.76. The average Bonchev–Trinajstić information content (AvgIpc) is 3.23. The number of hydrogen-bond acceptors (Lipinski definition) is 6. The van der Waals surface area contributed by atoms with Gasteiger partial charge in [0.05, 0.1) is 15.6 Å². The van der Waals surface area contributed by atoms with Gasteiger partial charge in [-0.05, 0) is 60.2 Å². The molecule has 0 aliphatic carbocycles. The molecule has 0 aromatic heterocycles. The van der Waals surface area contributed by atoms with Gasteiger partial charge in [0.15, 0.2) is 11.5 Å². The molecular formula is C20H15ClN2O5S. The molecule has 0 bridgehead atoms. The van der Waals surface area contributed by atoms with E-state index in [9.17, 15) is 14.4 Å². The summed E-state index contributed by atoms with van der Waals surface area (Å²) >= 11 is 6.81. The summed E-state index contributed by atoms with van der Waals surface area (Å²) < 4.78 is 10.7. The quantitative estimate of drug-likeness (QED) is 0.736. The molecule has 148 valence electrons. The van der Waals surface area contributed by atoms with Crippen LogP contribution >= 0.6 is 23.4 Å². The van der Waals surface area contributed by atoms with Crippen molar-refractivity contribution in [2.75, 3.05) is 18.7 Å². The van der Waals surface area contributed by atoms with Crippen LogP contribution in [-0.4, -0.2) is 35.3 Å². The van der Waals surface area contributed by atoms with Crippen LogP contribution in [-0.2, 0) is 9.59 Å². The molecule has 1 saturated heterocycles. The second kappa shape index (κ2) is 7.81. The number of nitrogens with one attached hydrogen (secondary N) is 1. The highest BCUT2D eigenvalue weighted by Crippen LogP contribution is 2.38. The Labute approximate surface area is 175 Å². The number of thioether (sulfide) groups is 1. The van der Waals surface area contributed by atoms with Gasteiger partial charge in [-0.1, -0.05) is 23.7 Å². The summed E-state index contributed by atoms with van der Waals surface area (Å²) in [6.45, 7) is 1.62. The highest BCUT2D eigenvalue weighted by molar-refractivity contribution is 8.18. The van der Waals surface area contributed by atoms with Crippen LogP contribution in [0.4, 0.5) is 10.5 Å². The standard InChI is InChI=1S/C20H15ClN2O5S/c1-11-6-15-16(28-10-27-15)7-12(11)8-17-19(25)23(20(26)29-17)9-18(24)22-14-5-3-2-4-13(14)21/h2-8H,9-10H2,1H3,(H,22,24)/b17-8+. The molecule has 0 spiro atoms. The van der Waals surface area contributed by atoms with E-state index in [2.05, 4.69) is 5.32 Å². The van der Waals surface area contributed by atoms with E-state index in [1.165, 1.54) is 0 Å². The Kier molecular flexibility index (Phi) is 5.21. The lowest BCUT2D eigenvalue weighted by atomic mass is 10.1.